The van der Waals surface area contributed by atoms with Crippen molar-refractivity contribution in [2.45, 2.75) is 12.1 Å². The van der Waals surface area contributed by atoms with Crippen LogP contribution in [0.3, 0.4) is 0 Å². The maximum Gasteiger partial charge on any atom is 0.174 e. The van der Waals surface area contributed by atoms with E-state index in [2.05, 4.69) is 42.6 Å². The smallest absolute Gasteiger partial charge is 0.174 e. The minimum Gasteiger partial charge on any atom is -0.497 e. The molecule has 1 aliphatic heterocycles. The molecule has 1 N–H and O–H groups in total. The number of methoxy groups -OCH3 is 1. The Morgan fingerprint density at radius 3 is 2.65 bits per heavy atom. The van der Waals surface area contributed by atoms with E-state index in [0.717, 1.165) is 21.6 Å². The molecule has 0 amide bonds. The van der Waals surface area contributed by atoms with Gasteiger partial charge in [-0.1, -0.05) is 6.07 Å². The standard InChI is InChI=1S/C19H16BrN3OS2/c1-24-14-7-5-13(6-8-14)23-18(16-10-12(20)11-26-16)17(22-19(23)25)15-4-2-3-9-21-15/h2-11,17-18H,1H3,(H,22,25)/t17-,18+/m0/s1. The molecular weight excluding hydrogens is 430 g/mol. The highest BCUT2D eigenvalue weighted by atomic mass is 79.9. The average Bonchev–Trinajstić information content (AvgIpc) is 3.25. The van der Waals surface area contributed by atoms with E-state index in [0.29, 0.717) is 5.11 Å². The highest BCUT2D eigenvalue weighted by Crippen LogP contribution is 2.44. The van der Waals surface area contributed by atoms with E-state index in [4.69, 9.17) is 17.0 Å². The second-order valence-corrected chi connectivity index (χ2v) is 8.11. The van der Waals surface area contributed by atoms with Gasteiger partial charge in [0.2, 0.25) is 0 Å². The Hall–Kier alpha value is -1.96. The van der Waals surface area contributed by atoms with Crippen LogP contribution in [0.5, 0.6) is 5.75 Å². The van der Waals surface area contributed by atoms with Crippen molar-refractivity contribution in [3.8, 4) is 5.75 Å². The van der Waals surface area contributed by atoms with Crippen molar-refractivity contribution in [1.82, 2.24) is 10.3 Å². The molecule has 1 fully saturated rings. The summed E-state index contributed by atoms with van der Waals surface area (Å²) in [5.41, 5.74) is 2.00. The van der Waals surface area contributed by atoms with E-state index in [-0.39, 0.29) is 12.1 Å². The molecule has 0 radical (unpaired) electrons. The Morgan fingerprint density at radius 1 is 1.23 bits per heavy atom. The number of nitrogens with one attached hydrogen (secondary N) is 1. The largest absolute Gasteiger partial charge is 0.497 e. The number of benzene rings is 1. The lowest BCUT2D eigenvalue weighted by Crippen LogP contribution is -2.29. The first-order valence-electron chi connectivity index (χ1n) is 8.06. The molecule has 4 rings (SSSR count). The quantitative estimate of drug-likeness (QED) is 0.565. The summed E-state index contributed by atoms with van der Waals surface area (Å²) in [6, 6.07) is 16.1. The van der Waals surface area contributed by atoms with Gasteiger partial charge in [0.1, 0.15) is 5.75 Å². The van der Waals surface area contributed by atoms with Gasteiger partial charge >= 0.3 is 0 Å². The number of thiocarbonyl (C=S) groups is 1. The minimum absolute atomic E-state index is 0.0173. The summed E-state index contributed by atoms with van der Waals surface area (Å²) < 4.78 is 6.36. The van der Waals surface area contributed by atoms with E-state index in [1.807, 2.05) is 48.7 Å². The summed E-state index contributed by atoms with van der Waals surface area (Å²) in [5, 5.41) is 6.25. The Labute approximate surface area is 170 Å². The molecule has 0 unspecified atom stereocenters. The molecule has 0 saturated carbocycles. The average molecular weight is 446 g/mol. The molecule has 3 heterocycles. The summed E-state index contributed by atoms with van der Waals surface area (Å²) in [4.78, 5) is 7.93. The third-order valence-electron chi connectivity index (χ3n) is 4.33. The van der Waals surface area contributed by atoms with Crippen LogP contribution >= 0.6 is 39.5 Å². The number of halogens is 1. The van der Waals surface area contributed by atoms with Crippen molar-refractivity contribution in [1.29, 1.82) is 0 Å². The molecule has 26 heavy (non-hydrogen) atoms. The Balaban J connectivity index is 1.79. The number of hydrogen-bond donors (Lipinski definition) is 1. The van der Waals surface area contributed by atoms with Gasteiger partial charge in [-0.25, -0.2) is 0 Å². The number of aromatic nitrogens is 1. The molecule has 2 aromatic heterocycles. The molecule has 1 aliphatic rings. The van der Waals surface area contributed by atoms with Crippen LogP contribution in [0.4, 0.5) is 5.69 Å². The number of hydrogen-bond acceptors (Lipinski definition) is 4. The molecule has 2 atom stereocenters. The fourth-order valence-corrected chi connectivity index (χ4v) is 5.07. The fraction of sp³-hybridized carbons (Fsp3) is 0.158. The molecule has 7 heteroatoms. The summed E-state index contributed by atoms with van der Waals surface area (Å²) in [6.45, 7) is 0. The van der Waals surface area contributed by atoms with Crippen molar-refractivity contribution in [2.24, 2.45) is 0 Å². The molecule has 0 aliphatic carbocycles. The molecule has 4 nitrogen and oxygen atoms in total. The van der Waals surface area contributed by atoms with Crippen molar-refractivity contribution >= 4 is 50.3 Å². The summed E-state index contributed by atoms with van der Waals surface area (Å²) >= 11 is 11.0. The third kappa shape index (κ3) is 3.22. The number of rotatable bonds is 4. The van der Waals surface area contributed by atoms with Gasteiger partial charge in [-0.15, -0.1) is 11.3 Å². The second-order valence-electron chi connectivity index (χ2n) is 5.86. The van der Waals surface area contributed by atoms with E-state index in [1.165, 1.54) is 4.88 Å². The van der Waals surface area contributed by atoms with Crippen molar-refractivity contribution in [2.75, 3.05) is 12.0 Å². The third-order valence-corrected chi connectivity index (χ3v) is 6.41. The molecule has 132 valence electrons. The first-order chi connectivity index (χ1) is 12.7. The lowest BCUT2D eigenvalue weighted by atomic mass is 10.0. The van der Waals surface area contributed by atoms with Gasteiger partial charge in [-0.3, -0.25) is 4.98 Å². The zero-order valence-electron chi connectivity index (χ0n) is 13.9. The Morgan fingerprint density at radius 2 is 2.04 bits per heavy atom. The SMILES string of the molecule is COc1ccc(N2C(=S)N[C@@H](c3ccccn3)[C@H]2c2cc(Br)cs2)cc1. The summed E-state index contributed by atoms with van der Waals surface area (Å²) in [6.07, 6.45) is 1.82. The fourth-order valence-electron chi connectivity index (χ4n) is 3.15. The number of thiophene rings is 1. The van der Waals surface area contributed by atoms with Gasteiger partial charge < -0.3 is 15.0 Å². The Bertz CT molecular complexity index is 914. The van der Waals surface area contributed by atoms with Crippen LogP contribution in [0, 0.1) is 0 Å². The monoisotopic (exact) mass is 445 g/mol. The van der Waals surface area contributed by atoms with Crippen LogP contribution in [0.15, 0.2) is 64.6 Å². The van der Waals surface area contributed by atoms with Gasteiger partial charge in [0.15, 0.2) is 5.11 Å². The number of nitrogens with zero attached hydrogens (tertiary/aromatic N) is 2. The van der Waals surface area contributed by atoms with Crippen LogP contribution in [0.25, 0.3) is 0 Å². The van der Waals surface area contributed by atoms with Crippen LogP contribution < -0.4 is 15.0 Å². The lowest BCUT2D eigenvalue weighted by molar-refractivity contribution is 0.415. The molecular formula is C19H16BrN3OS2. The zero-order valence-corrected chi connectivity index (χ0v) is 17.1. The van der Waals surface area contributed by atoms with Gasteiger partial charge in [-0.2, -0.15) is 0 Å². The lowest BCUT2D eigenvalue weighted by Gasteiger charge is -2.27. The van der Waals surface area contributed by atoms with Crippen molar-refractivity contribution < 1.29 is 4.74 Å². The van der Waals surface area contributed by atoms with Crippen LogP contribution in [-0.2, 0) is 0 Å². The predicted octanol–water partition coefficient (Wildman–Crippen LogP) is 5.09. The second kappa shape index (κ2) is 7.34. The molecule has 1 aromatic carbocycles. The van der Waals surface area contributed by atoms with Crippen LogP contribution in [0.1, 0.15) is 22.7 Å². The molecule has 3 aromatic rings. The van der Waals surface area contributed by atoms with E-state index >= 15 is 0 Å². The highest BCUT2D eigenvalue weighted by molar-refractivity contribution is 9.10. The van der Waals surface area contributed by atoms with Crippen LogP contribution in [0.2, 0.25) is 0 Å². The normalized spacial score (nSPS) is 19.5. The van der Waals surface area contributed by atoms with Crippen molar-refractivity contribution in [3.63, 3.8) is 0 Å². The Kier molecular flexibility index (Phi) is 4.93. The maximum atomic E-state index is 5.69. The predicted molar refractivity (Wildman–Crippen MR) is 113 cm³/mol. The van der Waals surface area contributed by atoms with E-state index in [9.17, 15) is 0 Å². The van der Waals surface area contributed by atoms with Gasteiger partial charge in [0, 0.05) is 26.6 Å². The van der Waals surface area contributed by atoms with Crippen LogP contribution in [-0.4, -0.2) is 17.2 Å². The maximum absolute atomic E-state index is 5.69. The molecule has 0 bridgehead atoms. The summed E-state index contributed by atoms with van der Waals surface area (Å²) in [5.74, 6) is 0.823. The van der Waals surface area contributed by atoms with Gasteiger partial charge in [0.05, 0.1) is 24.9 Å². The van der Waals surface area contributed by atoms with Gasteiger partial charge in [-0.05, 0) is 70.6 Å². The number of pyridine rings is 1. The number of ether oxygens (including phenoxy) is 1. The van der Waals surface area contributed by atoms with Gasteiger partial charge in [0.25, 0.3) is 0 Å². The highest BCUT2D eigenvalue weighted by Gasteiger charge is 2.41. The first-order valence-corrected chi connectivity index (χ1v) is 10.1. The van der Waals surface area contributed by atoms with E-state index < -0.39 is 0 Å². The summed E-state index contributed by atoms with van der Waals surface area (Å²) in [7, 11) is 1.67. The number of anilines is 1. The molecule has 0 spiro atoms. The van der Waals surface area contributed by atoms with Crippen molar-refractivity contribution in [3.05, 3.63) is 75.2 Å². The first kappa shape index (κ1) is 17.5. The minimum atomic E-state index is -0.0173. The zero-order chi connectivity index (χ0) is 18.1. The molecule has 1 saturated heterocycles. The topological polar surface area (TPSA) is 37.4 Å². The van der Waals surface area contributed by atoms with E-state index in [1.54, 1.807) is 18.4 Å².